The highest BCUT2D eigenvalue weighted by Gasteiger charge is 2.63. The minimum absolute atomic E-state index is 0.0311. The zero-order valence-corrected chi connectivity index (χ0v) is 12.1. The molecule has 1 aromatic carbocycles. The molecule has 1 aromatic rings. The first-order valence-electron chi connectivity index (χ1n) is 7.25. The first-order chi connectivity index (χ1) is 10.1. The van der Waals surface area contributed by atoms with Crippen LogP contribution in [0.5, 0.6) is 0 Å². The number of ether oxygens (including phenoxy) is 1. The van der Waals surface area contributed by atoms with Crippen LogP contribution < -0.4 is 0 Å². The summed E-state index contributed by atoms with van der Waals surface area (Å²) in [5.41, 5.74) is -0.254. The van der Waals surface area contributed by atoms with E-state index in [2.05, 4.69) is 6.58 Å². The molecule has 0 aliphatic carbocycles. The molecular formula is C17H19NO3. The summed E-state index contributed by atoms with van der Waals surface area (Å²) in [6, 6.07) is 9.21. The molecule has 4 heteroatoms. The number of amides is 1. The van der Waals surface area contributed by atoms with Crippen LogP contribution in [0.25, 0.3) is 0 Å². The van der Waals surface area contributed by atoms with Crippen molar-refractivity contribution in [1.29, 1.82) is 0 Å². The van der Waals surface area contributed by atoms with Crippen LogP contribution in [0.4, 0.5) is 0 Å². The molecule has 2 saturated heterocycles. The molecular weight excluding hydrogens is 266 g/mol. The number of rotatable bonds is 3. The molecule has 21 heavy (non-hydrogen) atoms. The number of benzene rings is 1. The molecule has 4 nitrogen and oxygen atoms in total. The van der Waals surface area contributed by atoms with Crippen molar-refractivity contribution in [2.75, 3.05) is 7.11 Å². The molecule has 0 saturated carbocycles. The summed E-state index contributed by atoms with van der Waals surface area (Å²) >= 11 is 0. The van der Waals surface area contributed by atoms with E-state index < -0.39 is 5.54 Å². The van der Waals surface area contributed by atoms with Gasteiger partial charge in [0.1, 0.15) is 5.54 Å². The number of esters is 1. The Kier molecular flexibility index (Phi) is 3.32. The molecule has 3 atom stereocenters. The maximum absolute atomic E-state index is 12.9. The SMILES string of the molecule is C=C[C@H]1C[C@H]2CC[C@@]1(C(=O)OC)N2C(=O)c1ccccc1. The Bertz CT molecular complexity index is 583. The Morgan fingerprint density at radius 1 is 1.38 bits per heavy atom. The van der Waals surface area contributed by atoms with Crippen LogP contribution in [0, 0.1) is 5.92 Å². The van der Waals surface area contributed by atoms with Gasteiger partial charge in [0, 0.05) is 17.5 Å². The predicted molar refractivity (Wildman–Crippen MR) is 78.7 cm³/mol. The van der Waals surface area contributed by atoms with E-state index in [4.69, 9.17) is 4.74 Å². The zero-order chi connectivity index (χ0) is 15.0. The van der Waals surface area contributed by atoms with E-state index in [1.54, 1.807) is 23.1 Å². The summed E-state index contributed by atoms with van der Waals surface area (Å²) in [5.74, 6) is -0.444. The number of fused-ring (bicyclic) bond motifs is 2. The quantitative estimate of drug-likeness (QED) is 0.633. The van der Waals surface area contributed by atoms with Crippen LogP contribution in [0.15, 0.2) is 43.0 Å². The van der Waals surface area contributed by atoms with Crippen LogP contribution in [-0.2, 0) is 9.53 Å². The van der Waals surface area contributed by atoms with Crippen LogP contribution in [0.2, 0.25) is 0 Å². The summed E-state index contributed by atoms with van der Waals surface area (Å²) < 4.78 is 5.02. The largest absolute Gasteiger partial charge is 0.467 e. The topological polar surface area (TPSA) is 46.6 Å². The summed E-state index contributed by atoms with van der Waals surface area (Å²) in [4.78, 5) is 27.1. The monoisotopic (exact) mass is 285 g/mol. The number of carbonyl (C=O) groups excluding carboxylic acids is 2. The third-order valence-electron chi connectivity index (χ3n) is 4.86. The Labute approximate surface area is 124 Å². The van der Waals surface area contributed by atoms with Crippen molar-refractivity contribution in [3.05, 3.63) is 48.6 Å². The van der Waals surface area contributed by atoms with Crippen molar-refractivity contribution in [1.82, 2.24) is 4.90 Å². The van der Waals surface area contributed by atoms with Crippen LogP contribution in [0.3, 0.4) is 0 Å². The smallest absolute Gasteiger partial charge is 0.332 e. The molecule has 0 unspecified atom stereocenters. The van der Waals surface area contributed by atoms with Gasteiger partial charge in [0.15, 0.2) is 0 Å². The van der Waals surface area contributed by atoms with Gasteiger partial charge in [-0.25, -0.2) is 4.79 Å². The average Bonchev–Trinajstić information content (AvgIpc) is 3.07. The van der Waals surface area contributed by atoms with Gasteiger partial charge in [0.05, 0.1) is 7.11 Å². The van der Waals surface area contributed by atoms with E-state index in [1.807, 2.05) is 18.2 Å². The lowest BCUT2D eigenvalue weighted by molar-refractivity contribution is -0.152. The molecule has 1 amide bonds. The highest BCUT2D eigenvalue weighted by Crippen LogP contribution is 2.51. The van der Waals surface area contributed by atoms with E-state index in [1.165, 1.54) is 7.11 Å². The maximum Gasteiger partial charge on any atom is 0.332 e. The normalized spacial score (nSPS) is 30.2. The third kappa shape index (κ3) is 1.82. The van der Waals surface area contributed by atoms with Crippen molar-refractivity contribution in [3.63, 3.8) is 0 Å². The molecule has 3 rings (SSSR count). The van der Waals surface area contributed by atoms with Crippen molar-refractivity contribution < 1.29 is 14.3 Å². The molecule has 2 bridgehead atoms. The van der Waals surface area contributed by atoms with Gasteiger partial charge in [0.2, 0.25) is 0 Å². The van der Waals surface area contributed by atoms with E-state index in [9.17, 15) is 9.59 Å². The van der Waals surface area contributed by atoms with Gasteiger partial charge in [-0.15, -0.1) is 6.58 Å². The number of methoxy groups -OCH3 is 1. The summed E-state index contributed by atoms with van der Waals surface area (Å²) in [7, 11) is 1.38. The summed E-state index contributed by atoms with van der Waals surface area (Å²) in [5, 5.41) is 0. The van der Waals surface area contributed by atoms with Crippen LogP contribution >= 0.6 is 0 Å². The molecule has 0 aromatic heterocycles. The fraction of sp³-hybridized carbons (Fsp3) is 0.412. The number of nitrogens with zero attached hydrogens (tertiary/aromatic N) is 1. The first-order valence-corrected chi connectivity index (χ1v) is 7.25. The molecule has 2 fully saturated rings. The van der Waals surface area contributed by atoms with Gasteiger partial charge in [-0.3, -0.25) is 4.79 Å². The Morgan fingerprint density at radius 3 is 2.71 bits per heavy atom. The lowest BCUT2D eigenvalue weighted by Gasteiger charge is -2.35. The molecule has 110 valence electrons. The minimum Gasteiger partial charge on any atom is -0.467 e. The van der Waals surface area contributed by atoms with Crippen molar-refractivity contribution in [2.45, 2.75) is 30.8 Å². The van der Waals surface area contributed by atoms with Crippen LogP contribution in [-0.4, -0.2) is 35.5 Å². The molecule has 2 heterocycles. The fourth-order valence-electron chi connectivity index (χ4n) is 3.92. The standard InChI is InChI=1S/C17H19NO3/c1-3-13-11-14-9-10-17(13,16(20)21-2)18(14)15(19)12-7-5-4-6-8-12/h3-8,13-14H,1,9-11H2,2H3/t13-,14+,17+/m0/s1. The van der Waals surface area contributed by atoms with Gasteiger partial charge >= 0.3 is 5.97 Å². The second-order valence-electron chi connectivity index (χ2n) is 5.73. The second kappa shape index (κ2) is 5.02. The van der Waals surface area contributed by atoms with Crippen molar-refractivity contribution in [2.24, 2.45) is 5.92 Å². The molecule has 2 aliphatic rings. The van der Waals surface area contributed by atoms with Gasteiger partial charge in [-0.05, 0) is 31.4 Å². The van der Waals surface area contributed by atoms with Gasteiger partial charge < -0.3 is 9.64 Å². The predicted octanol–water partition coefficient (Wildman–Crippen LogP) is 2.41. The maximum atomic E-state index is 12.9. The molecule has 0 spiro atoms. The fourth-order valence-corrected chi connectivity index (χ4v) is 3.92. The highest BCUT2D eigenvalue weighted by molar-refractivity contribution is 5.99. The Morgan fingerprint density at radius 2 is 2.10 bits per heavy atom. The Balaban J connectivity index is 2.03. The highest BCUT2D eigenvalue weighted by atomic mass is 16.5. The first kappa shape index (κ1) is 13.9. The number of carbonyl (C=O) groups is 2. The van der Waals surface area contributed by atoms with Crippen molar-refractivity contribution in [3.8, 4) is 0 Å². The van der Waals surface area contributed by atoms with Gasteiger partial charge in [0.25, 0.3) is 5.91 Å². The van der Waals surface area contributed by atoms with E-state index in [0.29, 0.717) is 12.0 Å². The van der Waals surface area contributed by atoms with Gasteiger partial charge in [-0.1, -0.05) is 24.3 Å². The lowest BCUT2D eigenvalue weighted by Crippen LogP contribution is -2.54. The second-order valence-corrected chi connectivity index (χ2v) is 5.73. The molecule has 0 radical (unpaired) electrons. The lowest BCUT2D eigenvalue weighted by atomic mass is 9.77. The Hall–Kier alpha value is -2.10. The van der Waals surface area contributed by atoms with E-state index in [-0.39, 0.29) is 23.8 Å². The van der Waals surface area contributed by atoms with Crippen LogP contribution in [0.1, 0.15) is 29.6 Å². The number of hydrogen-bond acceptors (Lipinski definition) is 3. The third-order valence-corrected chi connectivity index (χ3v) is 4.86. The molecule has 0 N–H and O–H groups in total. The number of hydrogen-bond donors (Lipinski definition) is 0. The minimum atomic E-state index is -0.867. The average molecular weight is 285 g/mol. The van der Waals surface area contributed by atoms with Gasteiger partial charge in [-0.2, -0.15) is 0 Å². The van der Waals surface area contributed by atoms with Crippen molar-refractivity contribution >= 4 is 11.9 Å². The molecule has 2 aliphatic heterocycles. The van der Waals surface area contributed by atoms with E-state index >= 15 is 0 Å². The summed E-state index contributed by atoms with van der Waals surface area (Å²) in [6.07, 6.45) is 4.08. The summed E-state index contributed by atoms with van der Waals surface area (Å²) in [6.45, 7) is 3.84. The zero-order valence-electron chi connectivity index (χ0n) is 12.1. The van der Waals surface area contributed by atoms with E-state index in [0.717, 1.165) is 12.8 Å².